The van der Waals surface area contributed by atoms with Crippen LogP contribution in [0.15, 0.2) is 76.2 Å². The molecule has 0 unspecified atom stereocenters. The zero-order valence-corrected chi connectivity index (χ0v) is 19.3. The number of carbonyl (C=O) groups is 1. The molecule has 0 aliphatic carbocycles. The quantitative estimate of drug-likeness (QED) is 0.543. The lowest BCUT2D eigenvalue weighted by Gasteiger charge is -2.33. The van der Waals surface area contributed by atoms with Crippen LogP contribution in [0.25, 0.3) is 0 Å². The molecular weight excluding hydrogens is 442 g/mol. The highest BCUT2D eigenvalue weighted by Gasteiger charge is 2.28. The van der Waals surface area contributed by atoms with Crippen molar-refractivity contribution in [1.29, 1.82) is 0 Å². The summed E-state index contributed by atoms with van der Waals surface area (Å²) in [5.74, 6) is 0.329. The molecule has 0 saturated carbocycles. The Balaban J connectivity index is 1.44. The molecule has 1 aliphatic heterocycles. The van der Waals surface area contributed by atoms with Gasteiger partial charge in [0.1, 0.15) is 12.4 Å². The predicted octanol–water partition coefficient (Wildman–Crippen LogP) is 3.44. The van der Waals surface area contributed by atoms with Crippen LogP contribution in [0, 0.1) is 0 Å². The molecule has 4 rings (SSSR count). The van der Waals surface area contributed by atoms with Gasteiger partial charge in [-0.15, -0.1) is 0 Å². The molecule has 0 spiro atoms. The van der Waals surface area contributed by atoms with Gasteiger partial charge in [0.15, 0.2) is 5.76 Å². The monoisotopic (exact) mass is 469 g/mol. The third-order valence-electron chi connectivity index (χ3n) is 5.60. The molecule has 2 aromatic carbocycles. The van der Waals surface area contributed by atoms with E-state index in [1.165, 1.54) is 16.6 Å². The van der Waals surface area contributed by atoms with E-state index in [0.717, 1.165) is 6.54 Å². The van der Waals surface area contributed by atoms with Crippen molar-refractivity contribution in [2.75, 3.05) is 38.0 Å². The van der Waals surface area contributed by atoms with E-state index in [9.17, 15) is 13.2 Å². The maximum absolute atomic E-state index is 13.1. The average molecular weight is 470 g/mol. The maximum atomic E-state index is 13.1. The number of hydrogen-bond acceptors (Lipinski definition) is 6. The summed E-state index contributed by atoms with van der Waals surface area (Å²) in [6.45, 7) is 5.45. The van der Waals surface area contributed by atoms with Crippen molar-refractivity contribution in [2.24, 2.45) is 0 Å². The van der Waals surface area contributed by atoms with E-state index in [0.29, 0.717) is 43.2 Å². The number of piperazine rings is 1. The summed E-state index contributed by atoms with van der Waals surface area (Å²) < 4.78 is 38.7. The van der Waals surface area contributed by atoms with Crippen molar-refractivity contribution in [3.05, 3.63) is 78.3 Å². The molecule has 1 saturated heterocycles. The molecule has 1 aromatic heterocycles. The fourth-order valence-electron chi connectivity index (χ4n) is 3.68. The molecule has 1 aliphatic rings. The standard InChI is InChI=1S/C24H27N3O5S/c1-2-26-12-14-27(15-13-26)33(29,30)22-10-6-7-20(17-22)25-24(28)23-19(11-16-31-23)18-32-21-8-4-3-5-9-21/h3-11,16-17H,2,12-15,18H2,1H3,(H,25,28). The minimum atomic E-state index is -3.64. The highest BCUT2D eigenvalue weighted by Crippen LogP contribution is 2.22. The van der Waals surface area contributed by atoms with Gasteiger partial charge in [-0.05, 0) is 42.9 Å². The summed E-state index contributed by atoms with van der Waals surface area (Å²) in [6, 6.07) is 17.2. The summed E-state index contributed by atoms with van der Waals surface area (Å²) in [4.78, 5) is 15.2. The summed E-state index contributed by atoms with van der Waals surface area (Å²) >= 11 is 0. The number of para-hydroxylation sites is 1. The molecule has 2 heterocycles. The van der Waals surface area contributed by atoms with Crippen molar-refractivity contribution in [2.45, 2.75) is 18.4 Å². The first kappa shape index (κ1) is 23.0. The van der Waals surface area contributed by atoms with Crippen LogP contribution < -0.4 is 10.1 Å². The van der Waals surface area contributed by atoms with E-state index in [1.54, 1.807) is 24.3 Å². The second kappa shape index (κ2) is 10.2. The number of rotatable bonds is 8. The predicted molar refractivity (Wildman–Crippen MR) is 125 cm³/mol. The van der Waals surface area contributed by atoms with Gasteiger partial charge in [-0.2, -0.15) is 4.31 Å². The highest BCUT2D eigenvalue weighted by molar-refractivity contribution is 7.89. The number of hydrogen-bond donors (Lipinski definition) is 1. The Morgan fingerprint density at radius 1 is 1.03 bits per heavy atom. The van der Waals surface area contributed by atoms with E-state index in [-0.39, 0.29) is 17.3 Å². The van der Waals surface area contributed by atoms with E-state index < -0.39 is 15.9 Å². The van der Waals surface area contributed by atoms with Crippen molar-refractivity contribution in [3.63, 3.8) is 0 Å². The topological polar surface area (TPSA) is 92.1 Å². The first-order valence-electron chi connectivity index (χ1n) is 10.9. The minimum absolute atomic E-state index is 0.120. The lowest BCUT2D eigenvalue weighted by atomic mass is 10.2. The Hall–Kier alpha value is -3.14. The van der Waals surface area contributed by atoms with Gasteiger partial charge in [-0.1, -0.05) is 31.2 Å². The molecule has 3 aromatic rings. The number of ether oxygens (including phenoxy) is 1. The number of nitrogens with one attached hydrogen (secondary N) is 1. The Morgan fingerprint density at radius 3 is 2.52 bits per heavy atom. The van der Waals surface area contributed by atoms with E-state index in [2.05, 4.69) is 17.1 Å². The van der Waals surface area contributed by atoms with Crippen LogP contribution in [0.5, 0.6) is 5.75 Å². The molecule has 1 fully saturated rings. The summed E-state index contributed by atoms with van der Waals surface area (Å²) in [5.41, 5.74) is 0.966. The second-order valence-corrected chi connectivity index (χ2v) is 9.63. The number of sulfonamides is 1. The van der Waals surface area contributed by atoms with Gasteiger partial charge in [0.25, 0.3) is 5.91 Å². The summed E-state index contributed by atoms with van der Waals surface area (Å²) in [7, 11) is -3.64. The van der Waals surface area contributed by atoms with Crippen molar-refractivity contribution in [3.8, 4) is 5.75 Å². The Labute approximate surface area is 193 Å². The highest BCUT2D eigenvalue weighted by atomic mass is 32.2. The Kier molecular flexibility index (Phi) is 7.12. The van der Waals surface area contributed by atoms with Crippen molar-refractivity contribution >= 4 is 21.6 Å². The number of carbonyl (C=O) groups excluding carboxylic acids is 1. The van der Waals surface area contributed by atoms with Crippen LogP contribution in [0.1, 0.15) is 23.0 Å². The summed E-state index contributed by atoms with van der Waals surface area (Å²) in [5, 5.41) is 2.74. The number of nitrogens with zero attached hydrogens (tertiary/aromatic N) is 2. The van der Waals surface area contributed by atoms with Gasteiger partial charge in [0.2, 0.25) is 10.0 Å². The maximum Gasteiger partial charge on any atom is 0.291 e. The Bertz CT molecular complexity index is 1190. The lowest BCUT2D eigenvalue weighted by Crippen LogP contribution is -2.48. The van der Waals surface area contributed by atoms with Gasteiger partial charge in [-0.3, -0.25) is 4.79 Å². The SMILES string of the molecule is CCN1CCN(S(=O)(=O)c2cccc(NC(=O)c3occc3COc3ccccc3)c2)CC1. The smallest absolute Gasteiger partial charge is 0.291 e. The lowest BCUT2D eigenvalue weighted by molar-refractivity contribution is 0.0993. The van der Waals surface area contributed by atoms with Gasteiger partial charge in [-0.25, -0.2) is 8.42 Å². The van der Waals surface area contributed by atoms with Gasteiger partial charge in [0, 0.05) is 37.4 Å². The number of furan rings is 1. The molecular formula is C24H27N3O5S. The minimum Gasteiger partial charge on any atom is -0.489 e. The number of amides is 1. The van der Waals surface area contributed by atoms with E-state index in [4.69, 9.17) is 9.15 Å². The molecule has 0 atom stereocenters. The molecule has 1 N–H and O–H groups in total. The van der Waals surface area contributed by atoms with Crippen LogP contribution in [-0.4, -0.2) is 56.3 Å². The molecule has 8 nitrogen and oxygen atoms in total. The molecule has 9 heteroatoms. The zero-order valence-electron chi connectivity index (χ0n) is 18.4. The third-order valence-corrected chi connectivity index (χ3v) is 7.49. The van der Waals surface area contributed by atoms with Crippen molar-refractivity contribution < 1.29 is 22.4 Å². The van der Waals surface area contributed by atoms with Gasteiger partial charge in [0.05, 0.1) is 11.2 Å². The number of benzene rings is 2. The zero-order chi connectivity index (χ0) is 23.3. The average Bonchev–Trinajstić information content (AvgIpc) is 3.32. The van der Waals surface area contributed by atoms with E-state index in [1.807, 2.05) is 30.3 Å². The molecule has 174 valence electrons. The van der Waals surface area contributed by atoms with E-state index >= 15 is 0 Å². The van der Waals surface area contributed by atoms with Crippen LogP contribution in [0.3, 0.4) is 0 Å². The summed E-state index contributed by atoms with van der Waals surface area (Å²) in [6.07, 6.45) is 1.43. The van der Waals surface area contributed by atoms with Crippen LogP contribution in [-0.2, 0) is 16.6 Å². The van der Waals surface area contributed by atoms with Crippen LogP contribution in [0.2, 0.25) is 0 Å². The normalized spacial score (nSPS) is 15.3. The van der Waals surface area contributed by atoms with Gasteiger partial charge >= 0.3 is 0 Å². The first-order valence-corrected chi connectivity index (χ1v) is 12.3. The third kappa shape index (κ3) is 5.44. The number of likely N-dealkylation sites (N-methyl/N-ethyl adjacent to an activating group) is 1. The fraction of sp³-hybridized carbons (Fsp3) is 0.292. The molecule has 33 heavy (non-hydrogen) atoms. The molecule has 0 bridgehead atoms. The van der Waals surface area contributed by atoms with Crippen LogP contribution >= 0.6 is 0 Å². The Morgan fingerprint density at radius 2 is 1.79 bits per heavy atom. The van der Waals surface area contributed by atoms with Gasteiger partial charge < -0.3 is 19.4 Å². The van der Waals surface area contributed by atoms with Crippen molar-refractivity contribution in [1.82, 2.24) is 9.21 Å². The van der Waals surface area contributed by atoms with Crippen LogP contribution in [0.4, 0.5) is 5.69 Å². The first-order chi connectivity index (χ1) is 16.0. The number of anilines is 1. The second-order valence-electron chi connectivity index (χ2n) is 7.70. The fourth-order valence-corrected chi connectivity index (χ4v) is 5.15. The molecule has 0 radical (unpaired) electrons. The molecule has 1 amide bonds. The largest absolute Gasteiger partial charge is 0.489 e.